The van der Waals surface area contributed by atoms with Gasteiger partial charge in [-0.1, -0.05) is 41.5 Å². The molecular formula is C30H48N2O4. The van der Waals surface area contributed by atoms with Gasteiger partial charge in [0.25, 0.3) is 0 Å². The number of carbonyl (C=O) groups is 2. The minimum atomic E-state index is -0.346. The van der Waals surface area contributed by atoms with Gasteiger partial charge in [-0.25, -0.2) is 9.59 Å². The molecule has 2 fully saturated rings. The lowest BCUT2D eigenvalue weighted by Crippen LogP contribution is -2.63. The van der Waals surface area contributed by atoms with Crippen LogP contribution >= 0.6 is 0 Å². The summed E-state index contributed by atoms with van der Waals surface area (Å²) in [5, 5.41) is 7.45. The van der Waals surface area contributed by atoms with E-state index in [1.54, 1.807) is 24.3 Å². The van der Waals surface area contributed by atoms with Crippen LogP contribution in [0.15, 0.2) is 24.3 Å². The SMILES string of the molecule is CC(C)C1CC(OC(=O)c2ccc(C(=O)OC3CC(C)(C)NC(C)(C(C)C)C3)cc2)CC(C(C)C)N1. The second-order valence-corrected chi connectivity index (χ2v) is 13.0. The Kier molecular flexibility index (Phi) is 8.93. The number of ether oxygens (including phenoxy) is 2. The Bertz CT molecular complexity index is 892. The van der Waals surface area contributed by atoms with Gasteiger partial charge in [0.15, 0.2) is 0 Å². The number of piperidine rings is 2. The van der Waals surface area contributed by atoms with E-state index in [2.05, 4.69) is 72.9 Å². The molecule has 2 N–H and O–H groups in total. The average Bonchev–Trinajstić information content (AvgIpc) is 2.77. The Balaban J connectivity index is 1.62. The monoisotopic (exact) mass is 500 g/mol. The summed E-state index contributed by atoms with van der Waals surface area (Å²) in [5.41, 5.74) is 0.699. The number of benzene rings is 1. The van der Waals surface area contributed by atoms with Gasteiger partial charge in [-0.2, -0.15) is 0 Å². The Labute approximate surface area is 218 Å². The number of rotatable bonds is 7. The zero-order chi connectivity index (χ0) is 26.8. The topological polar surface area (TPSA) is 76.7 Å². The molecule has 0 aromatic heterocycles. The number of esters is 2. The summed E-state index contributed by atoms with van der Waals surface area (Å²) in [6, 6.07) is 7.35. The van der Waals surface area contributed by atoms with Crippen LogP contribution in [-0.4, -0.2) is 47.3 Å². The van der Waals surface area contributed by atoms with Crippen LogP contribution in [-0.2, 0) is 9.47 Å². The van der Waals surface area contributed by atoms with E-state index < -0.39 is 0 Å². The molecule has 0 amide bonds. The first-order chi connectivity index (χ1) is 16.7. The van der Waals surface area contributed by atoms with Crippen molar-refractivity contribution < 1.29 is 19.1 Å². The maximum Gasteiger partial charge on any atom is 0.338 e. The molecule has 4 atom stereocenters. The van der Waals surface area contributed by atoms with E-state index in [-0.39, 0.29) is 35.2 Å². The third-order valence-electron chi connectivity index (χ3n) is 8.26. The summed E-state index contributed by atoms with van der Waals surface area (Å²) in [4.78, 5) is 25.8. The molecule has 3 rings (SSSR count). The smallest absolute Gasteiger partial charge is 0.338 e. The van der Waals surface area contributed by atoms with E-state index >= 15 is 0 Å². The van der Waals surface area contributed by atoms with Crippen LogP contribution < -0.4 is 10.6 Å². The van der Waals surface area contributed by atoms with Crippen molar-refractivity contribution in [3.05, 3.63) is 35.4 Å². The van der Waals surface area contributed by atoms with E-state index in [1.807, 2.05) is 0 Å². The minimum absolute atomic E-state index is 0.0991. The zero-order valence-electron chi connectivity index (χ0n) is 23.8. The number of hydrogen-bond acceptors (Lipinski definition) is 6. The number of hydrogen-bond donors (Lipinski definition) is 2. The largest absolute Gasteiger partial charge is 0.459 e. The molecule has 0 aliphatic carbocycles. The molecule has 36 heavy (non-hydrogen) atoms. The molecule has 2 heterocycles. The molecule has 1 aromatic carbocycles. The first kappa shape index (κ1) is 28.6. The van der Waals surface area contributed by atoms with Crippen molar-refractivity contribution in [3.8, 4) is 0 Å². The molecule has 4 unspecified atom stereocenters. The molecular weight excluding hydrogens is 452 g/mol. The first-order valence-corrected chi connectivity index (χ1v) is 13.8. The van der Waals surface area contributed by atoms with Gasteiger partial charge in [0, 0.05) is 48.8 Å². The lowest BCUT2D eigenvalue weighted by atomic mass is 9.74. The maximum atomic E-state index is 12.9. The van der Waals surface area contributed by atoms with Crippen molar-refractivity contribution in [3.63, 3.8) is 0 Å². The van der Waals surface area contributed by atoms with E-state index in [9.17, 15) is 9.59 Å². The molecule has 1 aromatic rings. The van der Waals surface area contributed by atoms with E-state index in [1.165, 1.54) is 0 Å². The fraction of sp³-hybridized carbons (Fsp3) is 0.733. The standard InChI is InChI=1S/C30H48N2O4/c1-18(2)25-14-23(15-26(31-25)19(3)4)35-27(33)21-10-12-22(13-11-21)28(34)36-24-16-29(7,8)32-30(9,17-24)20(5)6/h10-13,18-20,23-26,31-32H,14-17H2,1-9H3. The lowest BCUT2D eigenvalue weighted by molar-refractivity contribution is -0.0185. The molecule has 2 aliphatic heterocycles. The van der Waals surface area contributed by atoms with E-state index in [0.29, 0.717) is 41.0 Å². The Morgan fingerprint density at radius 2 is 1.22 bits per heavy atom. The summed E-state index contributed by atoms with van der Waals surface area (Å²) in [6.07, 6.45) is 2.90. The van der Waals surface area contributed by atoms with Crippen LogP contribution in [0.4, 0.5) is 0 Å². The van der Waals surface area contributed by atoms with Crippen LogP contribution in [0.3, 0.4) is 0 Å². The molecule has 202 valence electrons. The van der Waals surface area contributed by atoms with Crippen molar-refractivity contribution in [2.24, 2.45) is 17.8 Å². The second kappa shape index (κ2) is 11.2. The molecule has 0 saturated carbocycles. The predicted molar refractivity (Wildman–Crippen MR) is 144 cm³/mol. The fourth-order valence-corrected chi connectivity index (χ4v) is 5.73. The average molecular weight is 501 g/mol. The molecule has 0 spiro atoms. The van der Waals surface area contributed by atoms with Crippen LogP contribution in [0, 0.1) is 17.8 Å². The molecule has 2 aliphatic rings. The summed E-state index contributed by atoms with van der Waals surface area (Å²) in [5.74, 6) is 0.681. The fourth-order valence-electron chi connectivity index (χ4n) is 5.73. The molecule has 0 radical (unpaired) electrons. The van der Waals surface area contributed by atoms with Gasteiger partial charge in [0.2, 0.25) is 0 Å². The predicted octanol–water partition coefficient (Wildman–Crippen LogP) is 5.75. The lowest BCUT2D eigenvalue weighted by Gasteiger charge is -2.49. The summed E-state index contributed by atoms with van der Waals surface area (Å²) < 4.78 is 11.9. The van der Waals surface area contributed by atoms with Gasteiger partial charge in [-0.3, -0.25) is 0 Å². The van der Waals surface area contributed by atoms with Crippen LogP contribution in [0.2, 0.25) is 0 Å². The Morgan fingerprint density at radius 1 is 0.778 bits per heavy atom. The van der Waals surface area contributed by atoms with Crippen molar-refractivity contribution in [2.75, 3.05) is 0 Å². The molecule has 0 bridgehead atoms. The van der Waals surface area contributed by atoms with Crippen LogP contribution in [0.1, 0.15) is 109 Å². The highest BCUT2D eigenvalue weighted by molar-refractivity contribution is 5.93. The second-order valence-electron chi connectivity index (χ2n) is 13.0. The highest BCUT2D eigenvalue weighted by Crippen LogP contribution is 2.35. The van der Waals surface area contributed by atoms with Gasteiger partial charge >= 0.3 is 11.9 Å². The minimum Gasteiger partial charge on any atom is -0.459 e. The first-order valence-electron chi connectivity index (χ1n) is 13.8. The van der Waals surface area contributed by atoms with Crippen molar-refractivity contribution >= 4 is 11.9 Å². The Hall–Kier alpha value is -1.92. The van der Waals surface area contributed by atoms with E-state index in [0.717, 1.165) is 25.7 Å². The summed E-state index contributed by atoms with van der Waals surface area (Å²) >= 11 is 0. The quantitative estimate of drug-likeness (QED) is 0.465. The van der Waals surface area contributed by atoms with Gasteiger partial charge in [0.1, 0.15) is 12.2 Å². The summed E-state index contributed by atoms with van der Waals surface area (Å²) in [6.45, 7) is 19.7. The highest BCUT2D eigenvalue weighted by Gasteiger charge is 2.43. The molecule has 2 saturated heterocycles. The molecule has 6 nitrogen and oxygen atoms in total. The van der Waals surface area contributed by atoms with Gasteiger partial charge in [-0.15, -0.1) is 0 Å². The van der Waals surface area contributed by atoms with Crippen molar-refractivity contribution in [1.82, 2.24) is 10.6 Å². The number of carbonyl (C=O) groups excluding carboxylic acids is 2. The van der Waals surface area contributed by atoms with Crippen LogP contribution in [0.25, 0.3) is 0 Å². The molecule has 6 heteroatoms. The van der Waals surface area contributed by atoms with Gasteiger partial charge < -0.3 is 20.1 Å². The number of nitrogens with one attached hydrogen (secondary N) is 2. The van der Waals surface area contributed by atoms with Crippen molar-refractivity contribution in [1.29, 1.82) is 0 Å². The van der Waals surface area contributed by atoms with Gasteiger partial charge in [-0.05, 0) is 62.8 Å². The Morgan fingerprint density at radius 3 is 1.64 bits per heavy atom. The summed E-state index contributed by atoms with van der Waals surface area (Å²) in [7, 11) is 0. The normalized spacial score (nSPS) is 30.4. The maximum absolute atomic E-state index is 12.9. The highest BCUT2D eigenvalue weighted by atomic mass is 16.5. The zero-order valence-corrected chi connectivity index (χ0v) is 23.8. The van der Waals surface area contributed by atoms with Crippen LogP contribution in [0.5, 0.6) is 0 Å². The van der Waals surface area contributed by atoms with Crippen molar-refractivity contribution in [2.45, 2.75) is 123 Å². The van der Waals surface area contributed by atoms with E-state index in [4.69, 9.17) is 9.47 Å². The van der Waals surface area contributed by atoms with Gasteiger partial charge in [0.05, 0.1) is 11.1 Å². The third kappa shape index (κ3) is 7.10. The third-order valence-corrected chi connectivity index (χ3v) is 8.26.